The molecule has 110 valence electrons. The minimum Gasteiger partial charge on any atom is -0.384 e. The van der Waals surface area contributed by atoms with Gasteiger partial charge in [0.1, 0.15) is 6.61 Å². The average molecular weight is 321 g/mol. The standard InChI is InChI=1S/C15H15NO3S2/c1-12-4-5-15(14(9-12)3-2-7-17)21(18,19)16-10-13-6-8-20-11-13/h4-6,8-9,11,16-17H,7,10H2,1H3. The predicted octanol–water partition coefficient (Wildman–Crippen LogP) is 1.88. The molecule has 4 nitrogen and oxygen atoms in total. The third-order valence-corrected chi connectivity index (χ3v) is 4.96. The van der Waals surface area contributed by atoms with E-state index in [2.05, 4.69) is 16.6 Å². The molecule has 0 saturated carbocycles. The highest BCUT2D eigenvalue weighted by atomic mass is 32.2. The number of hydrogen-bond acceptors (Lipinski definition) is 4. The van der Waals surface area contributed by atoms with Crippen molar-refractivity contribution in [3.63, 3.8) is 0 Å². The fraction of sp³-hybridized carbons (Fsp3) is 0.200. The zero-order chi connectivity index (χ0) is 15.3. The van der Waals surface area contributed by atoms with Gasteiger partial charge in [0.25, 0.3) is 0 Å². The fourth-order valence-corrected chi connectivity index (χ4v) is 3.59. The first-order valence-corrected chi connectivity index (χ1v) is 8.66. The smallest absolute Gasteiger partial charge is 0.242 e. The first kappa shape index (κ1) is 15.7. The Balaban J connectivity index is 2.30. The third kappa shape index (κ3) is 4.16. The van der Waals surface area contributed by atoms with Crippen LogP contribution in [0.5, 0.6) is 0 Å². The van der Waals surface area contributed by atoms with Gasteiger partial charge in [-0.3, -0.25) is 0 Å². The number of rotatable bonds is 4. The normalized spacial score (nSPS) is 11.0. The zero-order valence-electron chi connectivity index (χ0n) is 11.5. The molecule has 1 aromatic carbocycles. The average Bonchev–Trinajstić information content (AvgIpc) is 2.96. The number of thiophene rings is 1. The molecule has 2 aromatic rings. The molecule has 0 bridgehead atoms. The Bertz CT molecular complexity index is 769. The molecular weight excluding hydrogens is 306 g/mol. The Morgan fingerprint density at radius 2 is 2.14 bits per heavy atom. The molecule has 0 aliphatic heterocycles. The summed E-state index contributed by atoms with van der Waals surface area (Å²) in [5.41, 5.74) is 2.22. The lowest BCUT2D eigenvalue weighted by Gasteiger charge is -2.09. The van der Waals surface area contributed by atoms with Gasteiger partial charge >= 0.3 is 0 Å². The van der Waals surface area contributed by atoms with E-state index in [0.29, 0.717) is 5.56 Å². The highest BCUT2D eigenvalue weighted by molar-refractivity contribution is 7.89. The first-order valence-electron chi connectivity index (χ1n) is 6.24. The molecule has 0 saturated heterocycles. The quantitative estimate of drug-likeness (QED) is 0.845. The number of nitrogens with one attached hydrogen (secondary N) is 1. The van der Waals surface area contributed by atoms with E-state index >= 15 is 0 Å². The second kappa shape index (κ2) is 6.87. The van der Waals surface area contributed by atoms with E-state index in [1.54, 1.807) is 12.1 Å². The van der Waals surface area contributed by atoms with Crippen LogP contribution in [0.4, 0.5) is 0 Å². The molecule has 0 spiro atoms. The summed E-state index contributed by atoms with van der Waals surface area (Å²) in [6.45, 7) is 1.79. The highest BCUT2D eigenvalue weighted by Gasteiger charge is 2.17. The van der Waals surface area contributed by atoms with Gasteiger partial charge in [0.2, 0.25) is 10.0 Å². The largest absolute Gasteiger partial charge is 0.384 e. The van der Waals surface area contributed by atoms with Crippen LogP contribution in [-0.2, 0) is 16.6 Å². The monoisotopic (exact) mass is 321 g/mol. The van der Waals surface area contributed by atoms with E-state index in [4.69, 9.17) is 5.11 Å². The van der Waals surface area contributed by atoms with Gasteiger partial charge in [-0.05, 0) is 47.0 Å². The molecule has 0 aliphatic carbocycles. The molecule has 0 unspecified atom stereocenters. The van der Waals surface area contributed by atoms with Crippen LogP contribution in [0.3, 0.4) is 0 Å². The van der Waals surface area contributed by atoms with E-state index in [0.717, 1.165) is 11.1 Å². The maximum Gasteiger partial charge on any atom is 0.242 e. The molecule has 1 aromatic heterocycles. The highest BCUT2D eigenvalue weighted by Crippen LogP contribution is 2.17. The lowest BCUT2D eigenvalue weighted by Crippen LogP contribution is -2.23. The van der Waals surface area contributed by atoms with Crippen molar-refractivity contribution in [1.82, 2.24) is 4.72 Å². The maximum atomic E-state index is 12.4. The molecular formula is C15H15NO3S2. The number of aliphatic hydroxyl groups is 1. The van der Waals surface area contributed by atoms with Gasteiger partial charge in [-0.2, -0.15) is 11.3 Å². The first-order chi connectivity index (χ1) is 10.0. The Labute approximate surface area is 128 Å². The number of aryl methyl sites for hydroxylation is 1. The Morgan fingerprint density at radius 1 is 1.33 bits per heavy atom. The van der Waals surface area contributed by atoms with Crippen molar-refractivity contribution in [2.24, 2.45) is 0 Å². The summed E-state index contributed by atoms with van der Waals surface area (Å²) in [4.78, 5) is 0.129. The van der Waals surface area contributed by atoms with Crippen molar-refractivity contribution >= 4 is 21.4 Å². The molecule has 0 aliphatic rings. The summed E-state index contributed by atoms with van der Waals surface area (Å²) in [7, 11) is -3.64. The summed E-state index contributed by atoms with van der Waals surface area (Å²) >= 11 is 1.52. The van der Waals surface area contributed by atoms with Gasteiger partial charge in [-0.25, -0.2) is 13.1 Å². The number of benzene rings is 1. The van der Waals surface area contributed by atoms with Crippen LogP contribution in [0.1, 0.15) is 16.7 Å². The van der Waals surface area contributed by atoms with Crippen LogP contribution in [0.25, 0.3) is 0 Å². The summed E-state index contributed by atoms with van der Waals surface area (Å²) in [5.74, 6) is 5.17. The SMILES string of the molecule is Cc1ccc(S(=O)(=O)NCc2ccsc2)c(C#CCO)c1. The minimum atomic E-state index is -3.64. The van der Waals surface area contributed by atoms with Crippen molar-refractivity contribution in [3.05, 3.63) is 51.7 Å². The second-order valence-electron chi connectivity index (χ2n) is 4.42. The van der Waals surface area contributed by atoms with Gasteiger partial charge in [0, 0.05) is 12.1 Å². The Morgan fingerprint density at radius 3 is 2.81 bits per heavy atom. The van der Waals surface area contributed by atoms with Gasteiger partial charge < -0.3 is 5.11 Å². The van der Waals surface area contributed by atoms with E-state index in [-0.39, 0.29) is 18.0 Å². The molecule has 6 heteroatoms. The van der Waals surface area contributed by atoms with Crippen LogP contribution < -0.4 is 4.72 Å². The lowest BCUT2D eigenvalue weighted by molar-refractivity contribution is 0.350. The molecule has 21 heavy (non-hydrogen) atoms. The summed E-state index contributed by atoms with van der Waals surface area (Å²) < 4.78 is 27.3. The van der Waals surface area contributed by atoms with E-state index in [1.165, 1.54) is 17.4 Å². The van der Waals surface area contributed by atoms with Crippen molar-refractivity contribution < 1.29 is 13.5 Å². The summed E-state index contributed by atoms with van der Waals surface area (Å²) in [6, 6.07) is 6.83. The van der Waals surface area contributed by atoms with Gasteiger partial charge in [-0.1, -0.05) is 17.9 Å². The molecule has 0 amide bonds. The summed E-state index contributed by atoms with van der Waals surface area (Å²) in [6.07, 6.45) is 0. The van der Waals surface area contributed by atoms with Crippen LogP contribution in [-0.4, -0.2) is 20.1 Å². The van der Waals surface area contributed by atoms with E-state index < -0.39 is 10.0 Å². The van der Waals surface area contributed by atoms with Crippen molar-refractivity contribution in [1.29, 1.82) is 0 Å². The Hall–Kier alpha value is -1.65. The molecule has 2 rings (SSSR count). The number of aliphatic hydroxyl groups excluding tert-OH is 1. The van der Waals surface area contributed by atoms with Crippen molar-refractivity contribution in [3.8, 4) is 11.8 Å². The van der Waals surface area contributed by atoms with Gasteiger partial charge in [0.15, 0.2) is 0 Å². The zero-order valence-corrected chi connectivity index (χ0v) is 13.1. The van der Waals surface area contributed by atoms with Gasteiger partial charge in [0.05, 0.1) is 4.90 Å². The number of sulfonamides is 1. The second-order valence-corrected chi connectivity index (χ2v) is 6.93. The van der Waals surface area contributed by atoms with E-state index in [1.807, 2.05) is 23.8 Å². The topological polar surface area (TPSA) is 66.4 Å². The number of hydrogen-bond donors (Lipinski definition) is 2. The molecule has 0 atom stereocenters. The van der Waals surface area contributed by atoms with Crippen LogP contribution in [0, 0.1) is 18.8 Å². The molecule has 1 heterocycles. The summed E-state index contributed by atoms with van der Waals surface area (Å²) in [5, 5.41) is 12.6. The van der Waals surface area contributed by atoms with Crippen LogP contribution in [0.15, 0.2) is 39.9 Å². The van der Waals surface area contributed by atoms with Crippen molar-refractivity contribution in [2.45, 2.75) is 18.4 Å². The molecule has 0 fully saturated rings. The van der Waals surface area contributed by atoms with E-state index in [9.17, 15) is 8.42 Å². The van der Waals surface area contributed by atoms with Gasteiger partial charge in [-0.15, -0.1) is 0 Å². The van der Waals surface area contributed by atoms with Crippen LogP contribution >= 0.6 is 11.3 Å². The van der Waals surface area contributed by atoms with Crippen molar-refractivity contribution in [2.75, 3.05) is 6.61 Å². The predicted molar refractivity (Wildman–Crippen MR) is 83.5 cm³/mol. The maximum absolute atomic E-state index is 12.4. The third-order valence-electron chi connectivity index (χ3n) is 2.77. The molecule has 0 radical (unpaired) electrons. The fourth-order valence-electron chi connectivity index (χ4n) is 1.76. The van der Waals surface area contributed by atoms with Crippen LogP contribution in [0.2, 0.25) is 0 Å². The lowest BCUT2D eigenvalue weighted by atomic mass is 10.1. The Kier molecular flexibility index (Phi) is 5.15. The molecule has 2 N–H and O–H groups in total. The minimum absolute atomic E-state index is 0.129.